The van der Waals surface area contributed by atoms with Crippen LogP contribution in [0, 0.1) is 11.3 Å². The van der Waals surface area contributed by atoms with E-state index in [1.165, 1.54) is 15.9 Å². The molecule has 2 N–H and O–H groups in total. The van der Waals surface area contributed by atoms with Gasteiger partial charge in [-0.05, 0) is 51.1 Å². The average Bonchev–Trinajstić information content (AvgIpc) is 2.89. The number of aromatic amines is 1. The van der Waals surface area contributed by atoms with Gasteiger partial charge in [0.1, 0.15) is 5.54 Å². The number of nitriles is 1. The number of aromatic nitrogens is 1. The normalized spacial score (nSPS) is 14.1. The van der Waals surface area contributed by atoms with Crippen LogP contribution in [-0.2, 0) is 0 Å². The average molecular weight is 287 g/mol. The molecule has 20 heavy (non-hydrogen) atoms. The molecular weight excluding hydrogens is 266 g/mol. The summed E-state index contributed by atoms with van der Waals surface area (Å²) in [5.41, 5.74) is 0.813. The van der Waals surface area contributed by atoms with Gasteiger partial charge in [0, 0.05) is 10.9 Å². The quantitative estimate of drug-likeness (QED) is 0.599. The molecule has 0 aliphatic heterocycles. The van der Waals surface area contributed by atoms with Crippen molar-refractivity contribution in [1.29, 1.82) is 5.26 Å². The SMILES string of the molecule is CNC(C)(C#N)CCCCSc1cc2ccccc2[nH]1. The summed E-state index contributed by atoms with van der Waals surface area (Å²) in [6.07, 6.45) is 3.09. The monoisotopic (exact) mass is 287 g/mol. The maximum Gasteiger partial charge on any atom is 0.103 e. The van der Waals surface area contributed by atoms with Crippen LogP contribution >= 0.6 is 11.8 Å². The van der Waals surface area contributed by atoms with Crippen LogP contribution < -0.4 is 5.32 Å². The lowest BCUT2D eigenvalue weighted by Gasteiger charge is -2.20. The zero-order valence-corrected chi connectivity index (χ0v) is 12.9. The molecule has 0 saturated heterocycles. The van der Waals surface area contributed by atoms with Crippen molar-refractivity contribution < 1.29 is 0 Å². The van der Waals surface area contributed by atoms with Crippen molar-refractivity contribution in [3.63, 3.8) is 0 Å². The highest BCUT2D eigenvalue weighted by atomic mass is 32.2. The zero-order chi connectivity index (χ0) is 14.4. The lowest BCUT2D eigenvalue weighted by Crippen LogP contribution is -2.37. The number of hydrogen-bond acceptors (Lipinski definition) is 3. The molecule has 0 aliphatic carbocycles. The van der Waals surface area contributed by atoms with E-state index in [2.05, 4.69) is 40.6 Å². The summed E-state index contributed by atoms with van der Waals surface area (Å²) in [4.78, 5) is 3.42. The maximum atomic E-state index is 9.08. The molecular formula is C16H21N3S. The standard InChI is InChI=1S/C16H21N3S/c1-16(12-17,18-2)9-5-6-10-20-15-11-13-7-3-4-8-14(13)19-15/h3-4,7-8,11,18-19H,5-6,9-10H2,1-2H3. The summed E-state index contributed by atoms with van der Waals surface area (Å²) < 4.78 is 0. The molecule has 1 aromatic carbocycles. The highest BCUT2D eigenvalue weighted by molar-refractivity contribution is 7.99. The molecule has 0 bridgehead atoms. The Balaban J connectivity index is 1.75. The Hall–Kier alpha value is -1.44. The van der Waals surface area contributed by atoms with E-state index in [1.54, 1.807) is 0 Å². The molecule has 1 atom stereocenters. The summed E-state index contributed by atoms with van der Waals surface area (Å²) in [5.74, 6) is 1.08. The second kappa shape index (κ2) is 6.83. The first-order valence-electron chi connectivity index (χ1n) is 6.97. The van der Waals surface area contributed by atoms with E-state index >= 15 is 0 Å². The van der Waals surface area contributed by atoms with Crippen molar-refractivity contribution in [2.24, 2.45) is 0 Å². The van der Waals surface area contributed by atoms with E-state index in [-0.39, 0.29) is 5.54 Å². The van der Waals surface area contributed by atoms with Gasteiger partial charge in [0.15, 0.2) is 0 Å². The topological polar surface area (TPSA) is 51.6 Å². The van der Waals surface area contributed by atoms with Gasteiger partial charge in [-0.2, -0.15) is 5.26 Å². The fraction of sp³-hybridized carbons (Fsp3) is 0.438. The number of nitrogens with zero attached hydrogens (tertiary/aromatic N) is 1. The van der Waals surface area contributed by atoms with Gasteiger partial charge in [0.2, 0.25) is 0 Å². The van der Waals surface area contributed by atoms with Crippen molar-refractivity contribution >= 4 is 22.7 Å². The summed E-state index contributed by atoms with van der Waals surface area (Å²) >= 11 is 1.85. The molecule has 1 aromatic heterocycles. The first-order valence-corrected chi connectivity index (χ1v) is 7.96. The van der Waals surface area contributed by atoms with Gasteiger partial charge in [0.25, 0.3) is 0 Å². The Bertz CT molecular complexity index is 566. The molecule has 3 nitrogen and oxygen atoms in total. The number of nitrogens with one attached hydrogen (secondary N) is 2. The number of hydrogen-bond donors (Lipinski definition) is 2. The Morgan fingerprint density at radius 1 is 1.35 bits per heavy atom. The number of H-pyrrole nitrogens is 1. The fourth-order valence-corrected chi connectivity index (χ4v) is 3.08. The molecule has 4 heteroatoms. The number of fused-ring (bicyclic) bond motifs is 1. The lowest BCUT2D eigenvalue weighted by molar-refractivity contribution is 0.439. The van der Waals surface area contributed by atoms with Gasteiger partial charge >= 0.3 is 0 Å². The van der Waals surface area contributed by atoms with Crippen LogP contribution in [0.1, 0.15) is 26.2 Å². The molecule has 1 heterocycles. The third-order valence-corrected chi connectivity index (χ3v) is 4.66. The molecule has 2 rings (SSSR count). The number of unbranched alkanes of at least 4 members (excludes halogenated alkanes) is 1. The summed E-state index contributed by atoms with van der Waals surface area (Å²) in [7, 11) is 1.85. The Kier molecular flexibility index (Phi) is 5.11. The molecule has 0 radical (unpaired) electrons. The highest BCUT2D eigenvalue weighted by Gasteiger charge is 2.19. The van der Waals surface area contributed by atoms with Crippen molar-refractivity contribution in [3.8, 4) is 6.07 Å². The van der Waals surface area contributed by atoms with Crippen molar-refractivity contribution in [3.05, 3.63) is 30.3 Å². The third-order valence-electron chi connectivity index (χ3n) is 3.63. The molecule has 0 fully saturated rings. The van der Waals surface area contributed by atoms with E-state index in [0.29, 0.717) is 0 Å². The lowest BCUT2D eigenvalue weighted by atomic mass is 9.97. The second-order valence-electron chi connectivity index (χ2n) is 5.22. The Morgan fingerprint density at radius 3 is 2.85 bits per heavy atom. The van der Waals surface area contributed by atoms with Gasteiger partial charge in [-0.15, -0.1) is 11.8 Å². The molecule has 106 valence electrons. The Labute approximate surface area is 124 Å². The molecule has 0 saturated carbocycles. The van der Waals surface area contributed by atoms with Gasteiger partial charge in [-0.25, -0.2) is 0 Å². The third kappa shape index (κ3) is 3.78. The van der Waals surface area contributed by atoms with Gasteiger partial charge in [0.05, 0.1) is 11.1 Å². The highest BCUT2D eigenvalue weighted by Crippen LogP contribution is 2.24. The molecule has 2 aromatic rings. The minimum absolute atomic E-state index is 0.383. The number of benzene rings is 1. The van der Waals surface area contributed by atoms with Crippen LogP contribution in [0.3, 0.4) is 0 Å². The predicted octanol–water partition coefficient (Wildman–Crippen LogP) is 3.93. The van der Waals surface area contributed by atoms with E-state index in [1.807, 2.05) is 31.8 Å². The van der Waals surface area contributed by atoms with Crippen LogP contribution in [0.4, 0.5) is 0 Å². The van der Waals surface area contributed by atoms with Gasteiger partial charge in [-0.3, -0.25) is 0 Å². The fourth-order valence-electron chi connectivity index (χ4n) is 2.12. The van der Waals surface area contributed by atoms with Gasteiger partial charge < -0.3 is 10.3 Å². The van der Waals surface area contributed by atoms with E-state index in [0.717, 1.165) is 25.0 Å². The van der Waals surface area contributed by atoms with Crippen LogP contribution in [0.5, 0.6) is 0 Å². The van der Waals surface area contributed by atoms with Crippen LogP contribution in [0.15, 0.2) is 35.4 Å². The smallest absolute Gasteiger partial charge is 0.103 e. The summed E-state index contributed by atoms with van der Waals surface area (Å²) in [6.45, 7) is 1.96. The van der Waals surface area contributed by atoms with Gasteiger partial charge in [-0.1, -0.05) is 18.2 Å². The zero-order valence-electron chi connectivity index (χ0n) is 12.1. The van der Waals surface area contributed by atoms with Crippen LogP contribution in [0.25, 0.3) is 10.9 Å². The second-order valence-corrected chi connectivity index (χ2v) is 6.36. The minimum Gasteiger partial charge on any atom is -0.350 e. The minimum atomic E-state index is -0.383. The molecule has 0 amide bonds. The summed E-state index contributed by atoms with van der Waals surface area (Å²) in [6, 6.07) is 12.9. The first-order chi connectivity index (χ1) is 9.67. The first kappa shape index (κ1) is 15.0. The molecule has 0 spiro atoms. The predicted molar refractivity (Wildman–Crippen MR) is 86.0 cm³/mol. The molecule has 1 unspecified atom stereocenters. The largest absolute Gasteiger partial charge is 0.350 e. The van der Waals surface area contributed by atoms with Crippen molar-refractivity contribution in [2.45, 2.75) is 36.8 Å². The Morgan fingerprint density at radius 2 is 2.15 bits per heavy atom. The molecule has 0 aliphatic rings. The summed E-state index contributed by atoms with van der Waals surface area (Å²) in [5, 5.41) is 14.6. The van der Waals surface area contributed by atoms with E-state index in [4.69, 9.17) is 5.26 Å². The maximum absolute atomic E-state index is 9.08. The van der Waals surface area contributed by atoms with E-state index < -0.39 is 0 Å². The van der Waals surface area contributed by atoms with Crippen molar-refractivity contribution in [1.82, 2.24) is 10.3 Å². The van der Waals surface area contributed by atoms with E-state index in [9.17, 15) is 0 Å². The van der Waals surface area contributed by atoms with Crippen molar-refractivity contribution in [2.75, 3.05) is 12.8 Å². The number of para-hydroxylation sites is 1. The van der Waals surface area contributed by atoms with Crippen LogP contribution in [0.2, 0.25) is 0 Å². The number of rotatable bonds is 7. The van der Waals surface area contributed by atoms with Crippen LogP contribution in [-0.4, -0.2) is 23.3 Å². The number of thioether (sulfide) groups is 1.